The van der Waals surface area contributed by atoms with Crippen LogP contribution >= 0.6 is 0 Å². The fourth-order valence-corrected chi connectivity index (χ4v) is 3.80. The van der Waals surface area contributed by atoms with E-state index in [1.807, 2.05) is 13.8 Å². The molecule has 0 saturated heterocycles. The second-order valence-electron chi connectivity index (χ2n) is 5.64. The van der Waals surface area contributed by atoms with Gasteiger partial charge in [-0.1, -0.05) is 6.92 Å². The molecule has 0 heterocycles. The average molecular weight is 282 g/mol. The largest absolute Gasteiger partial charge is 0.399 e. The molecule has 1 fully saturated rings. The smallest absolute Gasteiger partial charge is 0.240 e. The molecule has 1 aliphatic carbocycles. The van der Waals surface area contributed by atoms with E-state index < -0.39 is 10.0 Å². The molecule has 4 nitrogen and oxygen atoms in total. The highest BCUT2D eigenvalue weighted by Crippen LogP contribution is 2.48. The molecule has 0 atom stereocenters. The van der Waals surface area contributed by atoms with Gasteiger partial charge in [0.2, 0.25) is 10.0 Å². The molecule has 19 heavy (non-hydrogen) atoms. The molecule has 0 aliphatic heterocycles. The van der Waals surface area contributed by atoms with Crippen LogP contribution in [0.2, 0.25) is 0 Å². The van der Waals surface area contributed by atoms with Gasteiger partial charge < -0.3 is 5.73 Å². The van der Waals surface area contributed by atoms with Crippen LogP contribution in [0.1, 0.15) is 37.3 Å². The SMILES string of the molecule is CCC1(CNS(=O)(=O)c2cc(N)cc(C)c2C)CC1. The predicted molar refractivity (Wildman–Crippen MR) is 77.5 cm³/mol. The third kappa shape index (κ3) is 2.92. The Bertz CT molecular complexity index is 590. The molecule has 1 saturated carbocycles. The minimum Gasteiger partial charge on any atom is -0.399 e. The van der Waals surface area contributed by atoms with Crippen molar-refractivity contribution in [2.24, 2.45) is 5.41 Å². The lowest BCUT2D eigenvalue weighted by atomic mass is 10.1. The highest BCUT2D eigenvalue weighted by Gasteiger charge is 2.41. The van der Waals surface area contributed by atoms with E-state index in [4.69, 9.17) is 5.73 Å². The Hall–Kier alpha value is -1.07. The molecule has 5 heteroatoms. The Morgan fingerprint density at radius 2 is 1.95 bits per heavy atom. The lowest BCUT2D eigenvalue weighted by Gasteiger charge is -2.16. The number of anilines is 1. The van der Waals surface area contributed by atoms with Crippen molar-refractivity contribution in [2.45, 2.75) is 44.9 Å². The van der Waals surface area contributed by atoms with Crippen LogP contribution in [-0.4, -0.2) is 15.0 Å². The zero-order chi connectivity index (χ0) is 14.3. The number of sulfonamides is 1. The predicted octanol–water partition coefficient (Wildman–Crippen LogP) is 2.35. The van der Waals surface area contributed by atoms with Crippen molar-refractivity contribution in [1.29, 1.82) is 0 Å². The Labute approximate surface area is 115 Å². The molecular weight excluding hydrogens is 260 g/mol. The fourth-order valence-electron chi connectivity index (χ4n) is 2.29. The van der Waals surface area contributed by atoms with E-state index in [0.29, 0.717) is 17.1 Å². The van der Waals surface area contributed by atoms with Crippen molar-refractivity contribution in [3.05, 3.63) is 23.3 Å². The van der Waals surface area contributed by atoms with Gasteiger partial charge in [-0.2, -0.15) is 0 Å². The van der Waals surface area contributed by atoms with Gasteiger partial charge in [0.25, 0.3) is 0 Å². The molecule has 0 aromatic heterocycles. The molecule has 1 aromatic carbocycles. The van der Waals surface area contributed by atoms with E-state index in [1.165, 1.54) is 6.07 Å². The van der Waals surface area contributed by atoms with E-state index >= 15 is 0 Å². The number of benzene rings is 1. The van der Waals surface area contributed by atoms with Crippen LogP contribution in [0.25, 0.3) is 0 Å². The second-order valence-corrected chi connectivity index (χ2v) is 7.37. The van der Waals surface area contributed by atoms with E-state index in [9.17, 15) is 8.42 Å². The summed E-state index contributed by atoms with van der Waals surface area (Å²) >= 11 is 0. The van der Waals surface area contributed by atoms with Gasteiger partial charge in [-0.3, -0.25) is 0 Å². The number of rotatable bonds is 5. The van der Waals surface area contributed by atoms with Gasteiger partial charge in [-0.05, 0) is 61.8 Å². The van der Waals surface area contributed by atoms with Crippen LogP contribution < -0.4 is 10.5 Å². The van der Waals surface area contributed by atoms with E-state index in [-0.39, 0.29) is 5.41 Å². The van der Waals surface area contributed by atoms with Crippen molar-refractivity contribution in [3.8, 4) is 0 Å². The third-order valence-corrected chi connectivity index (χ3v) is 5.80. The van der Waals surface area contributed by atoms with E-state index in [1.54, 1.807) is 6.07 Å². The highest BCUT2D eigenvalue weighted by molar-refractivity contribution is 7.89. The molecule has 0 spiro atoms. The van der Waals surface area contributed by atoms with Crippen LogP contribution in [0.3, 0.4) is 0 Å². The highest BCUT2D eigenvalue weighted by atomic mass is 32.2. The Morgan fingerprint density at radius 3 is 2.47 bits per heavy atom. The summed E-state index contributed by atoms with van der Waals surface area (Å²) in [6.45, 7) is 6.32. The van der Waals surface area contributed by atoms with Crippen molar-refractivity contribution >= 4 is 15.7 Å². The number of hydrogen-bond acceptors (Lipinski definition) is 3. The van der Waals surface area contributed by atoms with Crippen molar-refractivity contribution in [1.82, 2.24) is 4.72 Å². The minimum absolute atomic E-state index is 0.191. The zero-order valence-electron chi connectivity index (χ0n) is 11.8. The first-order chi connectivity index (χ1) is 8.80. The van der Waals surface area contributed by atoms with E-state index in [2.05, 4.69) is 11.6 Å². The first-order valence-electron chi connectivity index (χ1n) is 6.66. The molecule has 0 radical (unpaired) electrons. The van der Waals surface area contributed by atoms with Crippen molar-refractivity contribution < 1.29 is 8.42 Å². The molecule has 0 unspecified atom stereocenters. The zero-order valence-corrected chi connectivity index (χ0v) is 12.6. The summed E-state index contributed by atoms with van der Waals surface area (Å²) in [6, 6.07) is 3.33. The molecule has 106 valence electrons. The van der Waals surface area contributed by atoms with Crippen LogP contribution in [0.15, 0.2) is 17.0 Å². The number of nitrogens with two attached hydrogens (primary N) is 1. The average Bonchev–Trinajstić information content (AvgIpc) is 3.12. The van der Waals surface area contributed by atoms with E-state index in [0.717, 1.165) is 30.4 Å². The lowest BCUT2D eigenvalue weighted by molar-refractivity contribution is 0.475. The van der Waals surface area contributed by atoms with Crippen LogP contribution in [0.5, 0.6) is 0 Å². The number of aryl methyl sites for hydroxylation is 1. The molecule has 2 rings (SSSR count). The number of nitrogens with one attached hydrogen (secondary N) is 1. The van der Waals surface area contributed by atoms with Gasteiger partial charge >= 0.3 is 0 Å². The third-order valence-electron chi connectivity index (χ3n) is 4.28. The first kappa shape index (κ1) is 14.3. The van der Waals surface area contributed by atoms with Crippen LogP contribution in [-0.2, 0) is 10.0 Å². The maximum Gasteiger partial charge on any atom is 0.240 e. The molecule has 3 N–H and O–H groups in total. The molecule has 1 aromatic rings. The summed E-state index contributed by atoms with van der Waals surface area (Å²) in [6.07, 6.45) is 3.24. The summed E-state index contributed by atoms with van der Waals surface area (Å²) in [7, 11) is -3.47. The number of nitrogen functional groups attached to an aromatic ring is 1. The summed E-state index contributed by atoms with van der Waals surface area (Å²) in [5.74, 6) is 0. The van der Waals surface area contributed by atoms with Crippen LogP contribution in [0.4, 0.5) is 5.69 Å². The Kier molecular flexibility index (Phi) is 3.62. The standard InChI is InChI=1S/C14H22N2O2S/c1-4-14(5-6-14)9-16-19(17,18)13-8-12(15)7-10(2)11(13)3/h7-8,16H,4-6,9,15H2,1-3H3. The normalized spacial score (nSPS) is 17.4. The van der Waals surface area contributed by atoms with Gasteiger partial charge in [0.05, 0.1) is 4.90 Å². The number of hydrogen-bond donors (Lipinski definition) is 2. The van der Waals surface area contributed by atoms with Gasteiger partial charge in [0, 0.05) is 12.2 Å². The van der Waals surface area contributed by atoms with Gasteiger partial charge in [-0.15, -0.1) is 0 Å². The quantitative estimate of drug-likeness (QED) is 0.814. The lowest BCUT2D eigenvalue weighted by Crippen LogP contribution is -2.30. The molecule has 0 amide bonds. The van der Waals surface area contributed by atoms with Crippen LogP contribution in [0, 0.1) is 19.3 Å². The Balaban J connectivity index is 2.25. The molecule has 1 aliphatic rings. The van der Waals surface area contributed by atoms with Gasteiger partial charge in [-0.25, -0.2) is 13.1 Å². The summed E-state index contributed by atoms with van der Waals surface area (Å²) in [5.41, 5.74) is 8.10. The topological polar surface area (TPSA) is 72.2 Å². The van der Waals surface area contributed by atoms with Gasteiger partial charge in [0.1, 0.15) is 0 Å². The second kappa shape index (κ2) is 4.80. The van der Waals surface area contributed by atoms with Gasteiger partial charge in [0.15, 0.2) is 0 Å². The fraction of sp³-hybridized carbons (Fsp3) is 0.571. The maximum absolute atomic E-state index is 12.4. The summed E-state index contributed by atoms with van der Waals surface area (Å²) in [4.78, 5) is 0.303. The summed E-state index contributed by atoms with van der Waals surface area (Å²) < 4.78 is 27.5. The van der Waals surface area contributed by atoms with Crippen molar-refractivity contribution in [3.63, 3.8) is 0 Å². The molecular formula is C14H22N2O2S. The monoisotopic (exact) mass is 282 g/mol. The maximum atomic E-state index is 12.4. The summed E-state index contributed by atoms with van der Waals surface area (Å²) in [5, 5.41) is 0. The Morgan fingerprint density at radius 1 is 1.32 bits per heavy atom. The molecule has 0 bridgehead atoms. The first-order valence-corrected chi connectivity index (χ1v) is 8.14. The van der Waals surface area contributed by atoms with Crippen molar-refractivity contribution in [2.75, 3.05) is 12.3 Å². The minimum atomic E-state index is -3.47.